The molecule has 0 atom stereocenters. The van der Waals surface area contributed by atoms with Gasteiger partial charge < -0.3 is 10.4 Å². The Labute approximate surface area is 97.8 Å². The predicted molar refractivity (Wildman–Crippen MR) is 61.2 cm³/mol. The smallest absolute Gasteiger partial charge is 0.335 e. The minimum Gasteiger partial charge on any atom is -0.478 e. The first-order valence-electron chi connectivity index (χ1n) is 5.01. The van der Waals surface area contributed by atoms with E-state index in [2.05, 4.69) is 5.32 Å². The van der Waals surface area contributed by atoms with Gasteiger partial charge in [-0.05, 0) is 26.0 Å². The van der Waals surface area contributed by atoms with Crippen molar-refractivity contribution in [2.24, 2.45) is 0 Å². The molecule has 0 spiro atoms. The van der Waals surface area contributed by atoms with Crippen molar-refractivity contribution in [3.63, 3.8) is 0 Å². The predicted octanol–water partition coefficient (Wildman–Crippen LogP) is 3.04. The number of nitrogens with one attached hydrogen (secondary N) is 1. The molecule has 0 heterocycles. The Kier molecular flexibility index (Phi) is 4.20. The fourth-order valence-corrected chi connectivity index (χ4v) is 1.22. The molecule has 0 aliphatic rings. The number of rotatable bonds is 4. The number of carboxylic acid groups (broad SMARTS) is 1. The first-order valence-corrected chi connectivity index (χ1v) is 5.01. The quantitative estimate of drug-likeness (QED) is 0.796. The number of halogens is 2. The van der Waals surface area contributed by atoms with E-state index in [4.69, 9.17) is 5.11 Å². The Morgan fingerprint density at radius 3 is 2.29 bits per heavy atom. The number of carboxylic acids is 1. The molecule has 3 nitrogen and oxygen atoms in total. The van der Waals surface area contributed by atoms with E-state index in [1.54, 1.807) is 6.08 Å². The maximum absolute atomic E-state index is 13.4. The van der Waals surface area contributed by atoms with Gasteiger partial charge in [0.25, 0.3) is 0 Å². The summed E-state index contributed by atoms with van der Waals surface area (Å²) >= 11 is 0. The van der Waals surface area contributed by atoms with E-state index in [0.29, 0.717) is 0 Å². The summed E-state index contributed by atoms with van der Waals surface area (Å²) in [6.45, 7) is 4.01. The molecule has 1 aromatic rings. The number of hydrogen-bond acceptors (Lipinski definition) is 2. The Morgan fingerprint density at radius 2 is 1.88 bits per heavy atom. The van der Waals surface area contributed by atoms with Crippen molar-refractivity contribution in [2.75, 3.05) is 11.9 Å². The van der Waals surface area contributed by atoms with Gasteiger partial charge >= 0.3 is 5.97 Å². The third kappa shape index (κ3) is 3.55. The Hall–Kier alpha value is -1.91. The van der Waals surface area contributed by atoms with Crippen molar-refractivity contribution < 1.29 is 18.7 Å². The highest BCUT2D eigenvalue weighted by molar-refractivity contribution is 5.88. The molecule has 1 aromatic carbocycles. The lowest BCUT2D eigenvalue weighted by atomic mass is 10.2. The highest BCUT2D eigenvalue weighted by Gasteiger charge is 2.13. The molecule has 0 bridgehead atoms. The van der Waals surface area contributed by atoms with Crippen LogP contribution >= 0.6 is 0 Å². The summed E-state index contributed by atoms with van der Waals surface area (Å²) < 4.78 is 26.8. The maximum Gasteiger partial charge on any atom is 0.335 e. The van der Waals surface area contributed by atoms with Crippen LogP contribution in [0.4, 0.5) is 14.5 Å². The van der Waals surface area contributed by atoms with E-state index in [9.17, 15) is 13.6 Å². The summed E-state index contributed by atoms with van der Waals surface area (Å²) in [5, 5.41) is 11.2. The van der Waals surface area contributed by atoms with Gasteiger partial charge in [0.1, 0.15) is 17.3 Å². The molecule has 92 valence electrons. The SMILES string of the molecule is CC(C)=CCNc1c(F)cc(C(=O)O)cc1F. The summed E-state index contributed by atoms with van der Waals surface area (Å²) in [6.07, 6.45) is 1.77. The van der Waals surface area contributed by atoms with Gasteiger partial charge in [0, 0.05) is 6.54 Å². The van der Waals surface area contributed by atoms with Crippen molar-refractivity contribution in [1.29, 1.82) is 0 Å². The first-order chi connectivity index (χ1) is 7.91. The van der Waals surface area contributed by atoms with Gasteiger partial charge in [0.15, 0.2) is 0 Å². The van der Waals surface area contributed by atoms with Crippen LogP contribution in [-0.4, -0.2) is 17.6 Å². The van der Waals surface area contributed by atoms with Crippen LogP contribution in [0.3, 0.4) is 0 Å². The van der Waals surface area contributed by atoms with Gasteiger partial charge in [0.05, 0.1) is 5.56 Å². The second-order valence-corrected chi connectivity index (χ2v) is 3.78. The van der Waals surface area contributed by atoms with Crippen LogP contribution in [0.2, 0.25) is 0 Å². The molecule has 0 aromatic heterocycles. The molecule has 0 amide bonds. The van der Waals surface area contributed by atoms with E-state index < -0.39 is 23.2 Å². The molecule has 1 rings (SSSR count). The number of anilines is 1. The van der Waals surface area contributed by atoms with Crippen LogP contribution in [0.5, 0.6) is 0 Å². The molecule has 2 N–H and O–H groups in total. The first kappa shape index (κ1) is 13.2. The third-order valence-electron chi connectivity index (χ3n) is 2.08. The molecule has 0 aliphatic heterocycles. The van der Waals surface area contributed by atoms with E-state index in [-0.39, 0.29) is 12.2 Å². The highest BCUT2D eigenvalue weighted by Crippen LogP contribution is 2.20. The molecule has 17 heavy (non-hydrogen) atoms. The Morgan fingerprint density at radius 1 is 1.35 bits per heavy atom. The zero-order valence-corrected chi connectivity index (χ0v) is 9.55. The Balaban J connectivity index is 2.94. The molecular formula is C12H13F2NO2. The fraction of sp³-hybridized carbons (Fsp3) is 0.250. The van der Waals surface area contributed by atoms with Crippen molar-refractivity contribution in [3.05, 3.63) is 41.0 Å². The van der Waals surface area contributed by atoms with Gasteiger partial charge in [-0.2, -0.15) is 0 Å². The van der Waals surface area contributed by atoms with E-state index in [0.717, 1.165) is 17.7 Å². The summed E-state index contributed by atoms with van der Waals surface area (Å²) in [5.41, 5.74) is 0.292. The van der Waals surface area contributed by atoms with E-state index >= 15 is 0 Å². The maximum atomic E-state index is 13.4. The molecule has 0 saturated carbocycles. The molecule has 0 radical (unpaired) electrons. The van der Waals surface area contributed by atoms with Crippen molar-refractivity contribution in [2.45, 2.75) is 13.8 Å². The number of benzene rings is 1. The van der Waals surface area contributed by atoms with Crippen molar-refractivity contribution >= 4 is 11.7 Å². The van der Waals surface area contributed by atoms with Crippen LogP contribution in [-0.2, 0) is 0 Å². The number of carbonyl (C=O) groups is 1. The second-order valence-electron chi connectivity index (χ2n) is 3.78. The zero-order valence-electron chi connectivity index (χ0n) is 9.55. The number of allylic oxidation sites excluding steroid dienone is 1. The molecular weight excluding hydrogens is 228 g/mol. The summed E-state index contributed by atoms with van der Waals surface area (Å²) in [7, 11) is 0. The lowest BCUT2D eigenvalue weighted by molar-refractivity contribution is 0.0696. The average Bonchev–Trinajstić information content (AvgIpc) is 2.21. The normalized spacial score (nSPS) is 9.88. The molecule has 5 heteroatoms. The van der Waals surface area contributed by atoms with Crippen LogP contribution in [0.1, 0.15) is 24.2 Å². The molecule has 0 aliphatic carbocycles. The van der Waals surface area contributed by atoms with Crippen LogP contribution < -0.4 is 5.32 Å². The Bertz CT molecular complexity index is 443. The average molecular weight is 241 g/mol. The monoisotopic (exact) mass is 241 g/mol. The van der Waals surface area contributed by atoms with Gasteiger partial charge in [-0.25, -0.2) is 13.6 Å². The molecule has 0 unspecified atom stereocenters. The lowest BCUT2D eigenvalue weighted by Gasteiger charge is -2.07. The lowest BCUT2D eigenvalue weighted by Crippen LogP contribution is -2.06. The van der Waals surface area contributed by atoms with Crippen LogP contribution in [0.25, 0.3) is 0 Å². The van der Waals surface area contributed by atoms with Crippen LogP contribution in [0, 0.1) is 11.6 Å². The van der Waals surface area contributed by atoms with Gasteiger partial charge in [-0.15, -0.1) is 0 Å². The standard InChI is InChI=1S/C12H13F2NO2/c1-7(2)3-4-15-11-9(13)5-8(12(16)17)6-10(11)14/h3,5-6,15H,4H2,1-2H3,(H,16,17). The summed E-state index contributed by atoms with van der Waals surface area (Å²) in [4.78, 5) is 10.6. The number of hydrogen-bond donors (Lipinski definition) is 2. The van der Waals surface area contributed by atoms with Gasteiger partial charge in [0.2, 0.25) is 0 Å². The number of aromatic carboxylic acids is 1. The minimum atomic E-state index is -1.36. The molecule has 0 fully saturated rings. The minimum absolute atomic E-state index is 0.280. The largest absolute Gasteiger partial charge is 0.478 e. The van der Waals surface area contributed by atoms with E-state index in [1.807, 2.05) is 13.8 Å². The second kappa shape index (κ2) is 5.43. The molecule has 0 saturated heterocycles. The van der Waals surface area contributed by atoms with Gasteiger partial charge in [-0.1, -0.05) is 11.6 Å². The third-order valence-corrected chi connectivity index (χ3v) is 2.08. The topological polar surface area (TPSA) is 49.3 Å². The summed E-state index contributed by atoms with van der Waals surface area (Å²) in [6, 6.07) is 1.58. The van der Waals surface area contributed by atoms with E-state index in [1.165, 1.54) is 0 Å². The summed E-state index contributed by atoms with van der Waals surface area (Å²) in [5.74, 6) is -3.19. The zero-order chi connectivity index (χ0) is 13.0. The van der Waals surface area contributed by atoms with Crippen molar-refractivity contribution in [1.82, 2.24) is 0 Å². The fourth-order valence-electron chi connectivity index (χ4n) is 1.22. The van der Waals surface area contributed by atoms with Crippen molar-refractivity contribution in [3.8, 4) is 0 Å². The van der Waals surface area contributed by atoms with Gasteiger partial charge in [-0.3, -0.25) is 0 Å². The van der Waals surface area contributed by atoms with Crippen LogP contribution in [0.15, 0.2) is 23.8 Å². The highest BCUT2D eigenvalue weighted by atomic mass is 19.1.